The van der Waals surface area contributed by atoms with Gasteiger partial charge in [-0.2, -0.15) is 0 Å². The van der Waals surface area contributed by atoms with Gasteiger partial charge in [-0.1, -0.05) is 117 Å². The second kappa shape index (κ2) is 19.4. The molecule has 48 heavy (non-hydrogen) atoms. The van der Waals surface area contributed by atoms with Gasteiger partial charge in [-0.25, -0.2) is 0 Å². The van der Waals surface area contributed by atoms with Crippen molar-refractivity contribution in [1.29, 1.82) is 0 Å². The average molecular weight is 1090 g/mol. The van der Waals surface area contributed by atoms with E-state index in [4.69, 9.17) is 0 Å². The number of fused-ring (bicyclic) bond motifs is 4. The van der Waals surface area contributed by atoms with Crippen molar-refractivity contribution in [3.63, 3.8) is 0 Å². The van der Waals surface area contributed by atoms with E-state index in [1.165, 1.54) is 185 Å². The molecule has 3 aromatic carbocycles. The first kappa shape index (κ1) is 39.5. The summed E-state index contributed by atoms with van der Waals surface area (Å²) in [5, 5.41) is 8.98. The first-order valence-electron chi connectivity index (χ1n) is 19.3. The van der Waals surface area contributed by atoms with Crippen LogP contribution in [0.15, 0.2) is 24.3 Å². The Bertz CT molecular complexity index is 1780. The van der Waals surface area contributed by atoms with Crippen molar-refractivity contribution >= 4 is 97.5 Å². The van der Waals surface area contributed by atoms with Gasteiger partial charge in [-0.05, 0) is 197 Å². The molecular formula is C44H56I4. The van der Waals surface area contributed by atoms with Gasteiger partial charge in [0.05, 0.1) is 0 Å². The molecule has 0 aromatic heterocycles. The third-order valence-corrected chi connectivity index (χ3v) is 15.1. The zero-order chi connectivity index (χ0) is 34.2. The zero-order valence-electron chi connectivity index (χ0n) is 30.0. The molecule has 0 saturated heterocycles. The molecule has 0 unspecified atom stereocenters. The van der Waals surface area contributed by atoms with E-state index in [2.05, 4.69) is 142 Å². The first-order valence-corrected chi connectivity index (χ1v) is 23.6. The van der Waals surface area contributed by atoms with Crippen molar-refractivity contribution in [3.05, 3.63) is 96.1 Å². The van der Waals surface area contributed by atoms with E-state index in [-0.39, 0.29) is 0 Å². The largest absolute Gasteiger partial charge is 0.0654 e. The summed E-state index contributed by atoms with van der Waals surface area (Å²) in [6.45, 7) is 9.29. The third-order valence-electron chi connectivity index (χ3n) is 10.7. The molecule has 0 heterocycles. The summed E-state index contributed by atoms with van der Waals surface area (Å²) in [6.07, 6.45) is 26.1. The summed E-state index contributed by atoms with van der Waals surface area (Å²) in [6, 6.07) is 10.5. The van der Waals surface area contributed by atoms with E-state index in [9.17, 15) is 0 Å². The fraction of sp³-hybridized carbons (Fsp3) is 0.545. The van der Waals surface area contributed by atoms with Gasteiger partial charge in [-0.15, -0.1) is 0 Å². The van der Waals surface area contributed by atoms with Crippen LogP contribution in [0, 0.1) is 28.0 Å². The Morgan fingerprint density at radius 2 is 0.625 bits per heavy atom. The number of unbranched alkanes of at least 4 members (excludes halogenated alkanes) is 12. The van der Waals surface area contributed by atoms with Gasteiger partial charge in [0.15, 0.2) is 0 Å². The van der Waals surface area contributed by atoms with Crippen LogP contribution in [0.1, 0.15) is 164 Å². The molecular weight excluding hydrogens is 1040 g/mol. The van der Waals surface area contributed by atoms with Crippen molar-refractivity contribution in [2.45, 2.75) is 156 Å². The molecule has 5 rings (SSSR count). The van der Waals surface area contributed by atoms with Gasteiger partial charge in [0.2, 0.25) is 0 Å². The molecule has 0 amide bonds. The minimum absolute atomic E-state index is 1.22. The van der Waals surface area contributed by atoms with E-state index in [1.54, 1.807) is 22.3 Å². The Labute approximate surface area is 345 Å². The lowest BCUT2D eigenvalue weighted by atomic mass is 9.95. The van der Waals surface area contributed by atoms with Crippen LogP contribution >= 0.6 is 90.4 Å². The molecule has 0 nitrogen and oxygen atoms in total. The molecule has 0 atom stereocenters. The quantitative estimate of drug-likeness (QED) is 0.0781. The SMILES string of the molecule is CCCCCCc1cc2c(cc1CCCCCC)=c1c(I)c3c(c(I)c1C=2I)=c1cc(CCCCCC)c(CCCCCC)cc1=C3I. The molecule has 0 aliphatic heterocycles. The Morgan fingerprint density at radius 1 is 0.354 bits per heavy atom. The van der Waals surface area contributed by atoms with Crippen LogP contribution < -0.4 is 10.4 Å². The summed E-state index contributed by atoms with van der Waals surface area (Å²) >= 11 is 10.9. The maximum Gasteiger partial charge on any atom is 0.0305 e. The Morgan fingerprint density at radius 3 is 0.896 bits per heavy atom. The predicted octanol–water partition coefficient (Wildman–Crippen LogP) is 13.8. The van der Waals surface area contributed by atoms with Gasteiger partial charge in [0, 0.05) is 35.9 Å². The molecule has 3 aromatic rings. The Kier molecular flexibility index (Phi) is 16.0. The van der Waals surface area contributed by atoms with Crippen LogP contribution in [0.5, 0.6) is 0 Å². The third kappa shape index (κ3) is 8.74. The normalized spacial score (nSPS) is 12.9. The molecule has 0 N–H and O–H groups in total. The van der Waals surface area contributed by atoms with E-state index in [0.717, 1.165) is 0 Å². The number of halogens is 4. The lowest BCUT2D eigenvalue weighted by molar-refractivity contribution is 0.650. The summed E-state index contributed by atoms with van der Waals surface area (Å²) in [7, 11) is 0. The Hall–Kier alpha value is 0.320. The van der Waals surface area contributed by atoms with Crippen LogP contribution in [0.25, 0.3) is 7.16 Å². The smallest absolute Gasteiger partial charge is 0.0305 e. The van der Waals surface area contributed by atoms with Crippen molar-refractivity contribution in [2.24, 2.45) is 0 Å². The predicted molar refractivity (Wildman–Crippen MR) is 244 cm³/mol. The number of hydrogen-bond donors (Lipinski definition) is 0. The second-order valence-corrected chi connectivity index (χ2v) is 18.6. The molecule has 0 radical (unpaired) electrons. The number of aryl methyl sites for hydroxylation is 4. The molecule has 2 aliphatic rings. The molecule has 0 saturated carbocycles. The van der Waals surface area contributed by atoms with Gasteiger partial charge in [-0.3, -0.25) is 0 Å². The molecule has 0 fully saturated rings. The van der Waals surface area contributed by atoms with Crippen LogP contribution in [0.4, 0.5) is 0 Å². The van der Waals surface area contributed by atoms with Gasteiger partial charge < -0.3 is 0 Å². The van der Waals surface area contributed by atoms with E-state index < -0.39 is 0 Å². The average Bonchev–Trinajstić information content (AvgIpc) is 3.54. The van der Waals surface area contributed by atoms with E-state index in [1.807, 2.05) is 0 Å². The van der Waals surface area contributed by atoms with Gasteiger partial charge in [0.25, 0.3) is 0 Å². The Balaban J connectivity index is 1.70. The summed E-state index contributed by atoms with van der Waals surface area (Å²) in [5.41, 5.74) is 9.47. The standard InChI is InChI=1S/C44H56I4/c1-5-9-13-17-21-29-25-33-35(27-31(29)23-19-15-11-7-3)41(45)39-37(33)43(47)40-38(44(39)48)34-26-30(22-18-14-10-6-2)32(24-20-16-12-8-4)28-36(34)42(40)46/h25-28H,5-24H2,1-4H3. The molecule has 4 heteroatoms. The first-order chi connectivity index (χ1) is 23.4. The summed E-state index contributed by atoms with van der Waals surface area (Å²) < 4.78 is 5.86. The van der Waals surface area contributed by atoms with Crippen LogP contribution in [-0.2, 0) is 25.7 Å². The van der Waals surface area contributed by atoms with Crippen molar-refractivity contribution in [1.82, 2.24) is 0 Å². The minimum atomic E-state index is 1.22. The fourth-order valence-corrected chi connectivity index (χ4v) is 13.1. The summed E-state index contributed by atoms with van der Waals surface area (Å²) in [5.74, 6) is 0. The number of rotatable bonds is 20. The van der Waals surface area contributed by atoms with Crippen LogP contribution in [-0.4, -0.2) is 0 Å². The summed E-state index contributed by atoms with van der Waals surface area (Å²) in [4.78, 5) is 0. The minimum Gasteiger partial charge on any atom is -0.0654 e. The topological polar surface area (TPSA) is 0 Å². The van der Waals surface area contributed by atoms with Crippen molar-refractivity contribution < 1.29 is 0 Å². The van der Waals surface area contributed by atoms with Crippen LogP contribution in [0.2, 0.25) is 0 Å². The van der Waals surface area contributed by atoms with E-state index in [0.29, 0.717) is 0 Å². The zero-order valence-corrected chi connectivity index (χ0v) is 38.6. The number of benzene rings is 3. The maximum absolute atomic E-state index is 2.74. The maximum atomic E-state index is 2.74. The lowest BCUT2D eigenvalue weighted by Gasteiger charge is -2.11. The van der Waals surface area contributed by atoms with Gasteiger partial charge >= 0.3 is 0 Å². The van der Waals surface area contributed by atoms with Gasteiger partial charge in [0.1, 0.15) is 0 Å². The highest BCUT2D eigenvalue weighted by molar-refractivity contribution is 14.1. The highest BCUT2D eigenvalue weighted by Gasteiger charge is 2.26. The van der Waals surface area contributed by atoms with Crippen molar-refractivity contribution in [3.8, 4) is 0 Å². The molecule has 0 spiro atoms. The highest BCUT2D eigenvalue weighted by Crippen LogP contribution is 2.40. The lowest BCUT2D eigenvalue weighted by Crippen LogP contribution is -2.09. The van der Waals surface area contributed by atoms with Crippen molar-refractivity contribution in [2.75, 3.05) is 0 Å². The molecule has 2 aliphatic carbocycles. The molecule has 0 bridgehead atoms. The van der Waals surface area contributed by atoms with Crippen LogP contribution in [0.3, 0.4) is 0 Å². The number of hydrogen-bond acceptors (Lipinski definition) is 0. The second-order valence-electron chi connectivity index (χ2n) is 14.3. The van der Waals surface area contributed by atoms with E-state index >= 15 is 0 Å². The monoisotopic (exact) mass is 1090 g/mol. The highest BCUT2D eigenvalue weighted by atomic mass is 127. The molecule has 260 valence electrons. The fourth-order valence-electron chi connectivity index (χ4n) is 7.93.